The van der Waals surface area contributed by atoms with Crippen molar-refractivity contribution in [2.75, 3.05) is 13.2 Å². The number of hydrogen-bond donors (Lipinski definition) is 3. The van der Waals surface area contributed by atoms with Crippen LogP contribution in [0, 0.1) is 22.2 Å². The predicted molar refractivity (Wildman–Crippen MR) is 188 cm³/mol. The fourth-order valence-corrected chi connectivity index (χ4v) is 8.13. The highest BCUT2D eigenvalue weighted by Gasteiger charge is 2.67. The Hall–Kier alpha value is -4.55. The van der Waals surface area contributed by atoms with Crippen LogP contribution in [-0.4, -0.2) is 52.4 Å². The number of aliphatic carboxylic acids is 2. The summed E-state index contributed by atoms with van der Waals surface area (Å²) in [5.74, 6) is -3.51. The van der Waals surface area contributed by atoms with E-state index < -0.39 is 40.8 Å². The molecule has 0 bridgehead atoms. The smallest absolute Gasteiger partial charge is 0.311 e. The number of nitrogens with zero attached hydrogens (tertiary/aromatic N) is 2. The molecule has 1 aliphatic heterocycles. The van der Waals surface area contributed by atoms with E-state index in [0.29, 0.717) is 30.0 Å². The maximum absolute atomic E-state index is 14.2. The summed E-state index contributed by atoms with van der Waals surface area (Å²) in [6, 6.07) is 33.0. The molecule has 49 heavy (non-hydrogen) atoms. The lowest BCUT2D eigenvalue weighted by Gasteiger charge is -2.58. The Labute approximate surface area is 292 Å². The van der Waals surface area contributed by atoms with Crippen molar-refractivity contribution < 1.29 is 24.5 Å². The van der Waals surface area contributed by atoms with Gasteiger partial charge in [0.2, 0.25) is 0 Å². The largest absolute Gasteiger partial charge is 0.481 e. The SMILES string of the molecule is CC1NC(COCCc2ccccn2)C(CCC(c2ccccc2)c2ccccc2)(C(=O)O)C(c2cccc(Cl)c2)C1(CCC#N)C(=O)O. The van der Waals surface area contributed by atoms with Gasteiger partial charge in [-0.1, -0.05) is 90.5 Å². The topological polar surface area (TPSA) is 133 Å². The summed E-state index contributed by atoms with van der Waals surface area (Å²) in [5.41, 5.74) is 0.0863. The second kappa shape index (κ2) is 16.2. The van der Waals surface area contributed by atoms with Gasteiger partial charge in [-0.2, -0.15) is 5.26 Å². The van der Waals surface area contributed by atoms with Crippen molar-refractivity contribution in [1.29, 1.82) is 5.26 Å². The molecule has 3 aromatic carbocycles. The Balaban J connectivity index is 1.65. The molecular weight excluding hydrogens is 638 g/mol. The Bertz CT molecular complexity index is 1700. The van der Waals surface area contributed by atoms with Crippen LogP contribution in [0.3, 0.4) is 0 Å². The zero-order chi connectivity index (χ0) is 34.9. The summed E-state index contributed by atoms with van der Waals surface area (Å²) < 4.78 is 6.23. The predicted octanol–water partition coefficient (Wildman–Crippen LogP) is 7.50. The maximum atomic E-state index is 14.2. The zero-order valence-corrected chi connectivity index (χ0v) is 28.3. The Morgan fingerprint density at radius 3 is 2.14 bits per heavy atom. The number of carbonyl (C=O) groups is 2. The Morgan fingerprint density at radius 1 is 0.918 bits per heavy atom. The van der Waals surface area contributed by atoms with Crippen LogP contribution in [0.1, 0.15) is 66.8 Å². The van der Waals surface area contributed by atoms with Gasteiger partial charge in [0.1, 0.15) is 0 Å². The fraction of sp³-hybridized carbons (Fsp3) is 0.350. The monoisotopic (exact) mass is 679 g/mol. The molecule has 0 radical (unpaired) electrons. The zero-order valence-electron chi connectivity index (χ0n) is 27.5. The molecule has 0 saturated carbocycles. The average Bonchev–Trinajstić information content (AvgIpc) is 3.11. The molecule has 8 nitrogen and oxygen atoms in total. The lowest BCUT2D eigenvalue weighted by atomic mass is 9.49. The molecule has 1 aliphatic rings. The number of nitrogens with one attached hydrogen (secondary N) is 1. The molecule has 5 rings (SSSR count). The van der Waals surface area contributed by atoms with Crippen molar-refractivity contribution in [2.24, 2.45) is 10.8 Å². The van der Waals surface area contributed by atoms with E-state index in [-0.39, 0.29) is 31.8 Å². The van der Waals surface area contributed by atoms with Gasteiger partial charge in [-0.25, -0.2) is 0 Å². The molecule has 5 atom stereocenters. The lowest BCUT2D eigenvalue weighted by molar-refractivity contribution is -0.177. The second-order valence-corrected chi connectivity index (χ2v) is 13.3. The molecule has 5 unspecified atom stereocenters. The van der Waals surface area contributed by atoms with Gasteiger partial charge in [0.15, 0.2) is 0 Å². The summed E-state index contributed by atoms with van der Waals surface area (Å²) in [7, 11) is 0. The number of ether oxygens (including phenoxy) is 1. The van der Waals surface area contributed by atoms with E-state index in [9.17, 15) is 25.1 Å². The first kappa shape index (κ1) is 35.7. The summed E-state index contributed by atoms with van der Waals surface area (Å²) in [4.78, 5) is 32.2. The molecule has 1 saturated heterocycles. The van der Waals surface area contributed by atoms with Crippen molar-refractivity contribution in [3.63, 3.8) is 0 Å². The number of hydrogen-bond acceptors (Lipinski definition) is 6. The van der Waals surface area contributed by atoms with Crippen LogP contribution in [0.25, 0.3) is 0 Å². The third-order valence-corrected chi connectivity index (χ3v) is 10.5. The molecule has 0 amide bonds. The van der Waals surface area contributed by atoms with Gasteiger partial charge in [0.05, 0.1) is 30.1 Å². The van der Waals surface area contributed by atoms with E-state index in [1.807, 2.05) is 78.9 Å². The van der Waals surface area contributed by atoms with Crippen molar-refractivity contribution in [3.05, 3.63) is 137 Å². The highest BCUT2D eigenvalue weighted by Crippen LogP contribution is 2.60. The van der Waals surface area contributed by atoms with Gasteiger partial charge in [0.25, 0.3) is 0 Å². The van der Waals surface area contributed by atoms with Crippen molar-refractivity contribution >= 4 is 23.5 Å². The van der Waals surface area contributed by atoms with Gasteiger partial charge in [-0.3, -0.25) is 14.6 Å². The highest BCUT2D eigenvalue weighted by molar-refractivity contribution is 6.30. The minimum absolute atomic E-state index is 0.0236. The minimum Gasteiger partial charge on any atom is -0.481 e. The molecule has 9 heteroatoms. The van der Waals surface area contributed by atoms with Crippen LogP contribution in [0.4, 0.5) is 0 Å². The number of piperidine rings is 1. The van der Waals surface area contributed by atoms with E-state index in [2.05, 4.69) is 16.4 Å². The molecule has 1 fully saturated rings. The summed E-state index contributed by atoms with van der Waals surface area (Å²) in [6.07, 6.45) is 2.66. The molecule has 254 valence electrons. The number of benzene rings is 3. The van der Waals surface area contributed by atoms with E-state index in [0.717, 1.165) is 16.8 Å². The van der Waals surface area contributed by atoms with E-state index in [1.165, 1.54) is 0 Å². The first-order valence-corrected chi connectivity index (χ1v) is 17.0. The van der Waals surface area contributed by atoms with Gasteiger partial charge in [-0.15, -0.1) is 0 Å². The van der Waals surface area contributed by atoms with Crippen molar-refractivity contribution in [2.45, 2.75) is 62.9 Å². The van der Waals surface area contributed by atoms with Crippen LogP contribution >= 0.6 is 11.6 Å². The number of rotatable bonds is 15. The first-order valence-electron chi connectivity index (χ1n) is 16.7. The molecule has 3 N–H and O–H groups in total. The quantitative estimate of drug-likeness (QED) is 0.110. The van der Waals surface area contributed by atoms with Crippen LogP contribution in [0.2, 0.25) is 5.02 Å². The average molecular weight is 680 g/mol. The number of pyridine rings is 1. The van der Waals surface area contributed by atoms with E-state index >= 15 is 0 Å². The van der Waals surface area contributed by atoms with Gasteiger partial charge >= 0.3 is 11.9 Å². The number of carboxylic acid groups (broad SMARTS) is 2. The number of halogens is 1. The number of aromatic nitrogens is 1. The third kappa shape index (κ3) is 7.55. The fourth-order valence-electron chi connectivity index (χ4n) is 7.93. The van der Waals surface area contributed by atoms with Gasteiger partial charge in [-0.05, 0) is 67.1 Å². The van der Waals surface area contributed by atoms with Gasteiger partial charge in [0, 0.05) is 53.7 Å². The lowest BCUT2D eigenvalue weighted by Crippen LogP contribution is -2.71. The van der Waals surface area contributed by atoms with E-state index in [4.69, 9.17) is 16.3 Å². The van der Waals surface area contributed by atoms with Crippen LogP contribution in [-0.2, 0) is 20.7 Å². The number of nitriles is 1. The van der Waals surface area contributed by atoms with Crippen LogP contribution in [0.5, 0.6) is 0 Å². The minimum atomic E-state index is -1.68. The summed E-state index contributed by atoms with van der Waals surface area (Å²) >= 11 is 6.54. The highest BCUT2D eigenvalue weighted by atomic mass is 35.5. The van der Waals surface area contributed by atoms with Crippen molar-refractivity contribution in [3.8, 4) is 6.07 Å². The van der Waals surface area contributed by atoms with Gasteiger partial charge < -0.3 is 20.3 Å². The number of carboxylic acids is 2. The van der Waals surface area contributed by atoms with Crippen molar-refractivity contribution in [1.82, 2.24) is 10.3 Å². The molecule has 4 aromatic rings. The normalized spacial score (nSPS) is 23.5. The molecular formula is C40H42ClN3O5. The molecule has 0 spiro atoms. The maximum Gasteiger partial charge on any atom is 0.311 e. The molecule has 2 heterocycles. The van der Waals surface area contributed by atoms with Crippen LogP contribution in [0.15, 0.2) is 109 Å². The summed E-state index contributed by atoms with van der Waals surface area (Å²) in [6.45, 7) is 2.10. The molecule has 1 aromatic heterocycles. The summed E-state index contributed by atoms with van der Waals surface area (Å²) in [5, 5.41) is 36.3. The Kier molecular flexibility index (Phi) is 11.8. The van der Waals surface area contributed by atoms with Crippen LogP contribution < -0.4 is 5.32 Å². The second-order valence-electron chi connectivity index (χ2n) is 12.8. The third-order valence-electron chi connectivity index (χ3n) is 10.3. The molecule has 0 aliphatic carbocycles. The van der Waals surface area contributed by atoms with E-state index in [1.54, 1.807) is 37.4 Å². The first-order chi connectivity index (χ1) is 23.7. The standard InChI is InChI=1S/C40H42ClN3O5/c1-28-39(37(45)46,21-11-23-42)36(31-16-10-17-32(41)26-31)40(38(47)48,35(44-28)27-49-25-20-33-18-8-9-24-43-33)22-19-34(29-12-4-2-5-13-29)30-14-6-3-7-15-30/h2-10,12-18,24,26,28,34-36,44H,11,19-22,25,27H2,1H3,(H,45,46)(H,47,48). The Morgan fingerprint density at radius 2 is 1.57 bits per heavy atom.